The molecular formula is C16H14ClNO2S. The zero-order valence-corrected chi connectivity index (χ0v) is 13.0. The molecule has 0 bridgehead atoms. The number of thiophene rings is 1. The number of para-hydroxylation sites is 1. The van der Waals surface area contributed by atoms with Crippen LogP contribution in [0.1, 0.15) is 27.2 Å². The van der Waals surface area contributed by atoms with E-state index in [4.69, 9.17) is 16.7 Å². The Labute approximate surface area is 132 Å². The second-order valence-corrected chi connectivity index (χ2v) is 5.59. The summed E-state index contributed by atoms with van der Waals surface area (Å²) in [6.07, 6.45) is 0.401. The highest BCUT2D eigenvalue weighted by Gasteiger charge is 2.15. The van der Waals surface area contributed by atoms with Crippen LogP contribution in [0.4, 0.5) is 5.69 Å². The number of anilines is 1. The van der Waals surface area contributed by atoms with Gasteiger partial charge >= 0.3 is 0 Å². The van der Waals surface area contributed by atoms with E-state index in [2.05, 4.69) is 17.2 Å². The average molecular weight is 320 g/mol. The lowest BCUT2D eigenvalue weighted by Gasteiger charge is -2.06. The van der Waals surface area contributed by atoms with Crippen LogP contribution in [-0.4, -0.2) is 17.6 Å². The van der Waals surface area contributed by atoms with Crippen molar-refractivity contribution in [1.29, 1.82) is 0 Å². The molecule has 2 rings (SSSR count). The van der Waals surface area contributed by atoms with Gasteiger partial charge in [-0.3, -0.25) is 4.79 Å². The van der Waals surface area contributed by atoms with Gasteiger partial charge in [0.15, 0.2) is 0 Å². The van der Waals surface area contributed by atoms with E-state index in [1.807, 2.05) is 30.5 Å². The number of halogens is 1. The van der Waals surface area contributed by atoms with E-state index >= 15 is 0 Å². The normalized spacial score (nSPS) is 9.86. The minimum atomic E-state index is -0.241. The van der Waals surface area contributed by atoms with Crippen molar-refractivity contribution in [3.8, 4) is 11.8 Å². The molecule has 0 aliphatic rings. The largest absolute Gasteiger partial charge is 0.395 e. The number of aliphatic hydroxyl groups is 1. The third-order valence-electron chi connectivity index (χ3n) is 2.74. The highest BCUT2D eigenvalue weighted by atomic mass is 35.5. The van der Waals surface area contributed by atoms with Gasteiger partial charge in [-0.05, 0) is 30.0 Å². The Hall–Kier alpha value is -1.80. The molecule has 2 N–H and O–H groups in total. The lowest BCUT2D eigenvalue weighted by Crippen LogP contribution is -2.11. The molecule has 0 aliphatic carbocycles. The number of carbonyl (C=O) groups is 1. The van der Waals surface area contributed by atoms with E-state index in [0.717, 1.165) is 5.56 Å². The second-order valence-electron chi connectivity index (χ2n) is 4.34. The summed E-state index contributed by atoms with van der Waals surface area (Å²) in [4.78, 5) is 12.7. The maximum atomic E-state index is 12.3. The first-order valence-corrected chi connectivity index (χ1v) is 7.63. The molecule has 3 nitrogen and oxygen atoms in total. The Morgan fingerprint density at radius 2 is 2.19 bits per heavy atom. The van der Waals surface area contributed by atoms with Crippen LogP contribution in [0.5, 0.6) is 0 Å². The Kier molecular flexibility index (Phi) is 5.40. The van der Waals surface area contributed by atoms with Gasteiger partial charge in [-0.2, -0.15) is 0 Å². The second kappa shape index (κ2) is 7.28. The number of aryl methyl sites for hydroxylation is 1. The van der Waals surface area contributed by atoms with E-state index in [9.17, 15) is 4.79 Å². The topological polar surface area (TPSA) is 49.3 Å². The monoisotopic (exact) mass is 319 g/mol. The minimum absolute atomic E-state index is 0.0195. The maximum Gasteiger partial charge on any atom is 0.267 e. The summed E-state index contributed by atoms with van der Waals surface area (Å²) in [7, 11) is 0. The summed E-state index contributed by atoms with van der Waals surface area (Å²) >= 11 is 7.42. The molecule has 0 radical (unpaired) electrons. The highest BCUT2D eigenvalue weighted by Crippen LogP contribution is 2.28. The molecule has 0 saturated heterocycles. The van der Waals surface area contributed by atoms with Crippen LogP contribution in [0.15, 0.2) is 29.6 Å². The zero-order chi connectivity index (χ0) is 15.2. The first kappa shape index (κ1) is 15.6. The molecule has 0 atom stereocenters. The molecule has 0 fully saturated rings. The number of benzene rings is 1. The summed E-state index contributed by atoms with van der Waals surface area (Å²) in [6, 6.07) is 7.28. The zero-order valence-electron chi connectivity index (χ0n) is 11.4. The highest BCUT2D eigenvalue weighted by molar-refractivity contribution is 7.13. The molecule has 5 heteroatoms. The molecule has 0 aliphatic heterocycles. The third kappa shape index (κ3) is 3.85. The quantitative estimate of drug-likeness (QED) is 0.848. The molecule has 1 heterocycles. The average Bonchev–Trinajstić information content (AvgIpc) is 2.81. The molecular weight excluding hydrogens is 306 g/mol. The third-order valence-corrected chi connectivity index (χ3v) is 4.44. The van der Waals surface area contributed by atoms with Crippen molar-refractivity contribution in [2.75, 3.05) is 11.9 Å². The van der Waals surface area contributed by atoms with Crippen LogP contribution in [0.2, 0.25) is 5.02 Å². The van der Waals surface area contributed by atoms with Crippen LogP contribution in [0.3, 0.4) is 0 Å². The summed E-state index contributed by atoms with van der Waals surface area (Å²) < 4.78 is 0. The van der Waals surface area contributed by atoms with Crippen LogP contribution in [-0.2, 0) is 0 Å². The van der Waals surface area contributed by atoms with E-state index in [0.29, 0.717) is 27.6 Å². The van der Waals surface area contributed by atoms with Crippen molar-refractivity contribution in [3.63, 3.8) is 0 Å². The van der Waals surface area contributed by atoms with Gasteiger partial charge in [0.25, 0.3) is 5.91 Å². The SMILES string of the molecule is Cc1csc(C(=O)Nc2ccccc2C#CCCO)c1Cl. The molecule has 1 amide bonds. The van der Waals surface area contributed by atoms with Gasteiger partial charge in [0.05, 0.1) is 17.3 Å². The Balaban J connectivity index is 2.22. The van der Waals surface area contributed by atoms with Gasteiger partial charge < -0.3 is 10.4 Å². The van der Waals surface area contributed by atoms with Gasteiger partial charge in [0, 0.05) is 12.0 Å². The van der Waals surface area contributed by atoms with E-state index in [-0.39, 0.29) is 12.5 Å². The van der Waals surface area contributed by atoms with Crippen LogP contribution < -0.4 is 5.32 Å². The fourth-order valence-corrected chi connectivity index (χ4v) is 2.85. The van der Waals surface area contributed by atoms with Gasteiger partial charge in [0.2, 0.25) is 0 Å². The van der Waals surface area contributed by atoms with Crippen LogP contribution in [0.25, 0.3) is 0 Å². The lowest BCUT2D eigenvalue weighted by molar-refractivity contribution is 0.103. The summed E-state index contributed by atoms with van der Waals surface area (Å²) in [5, 5.41) is 13.9. The van der Waals surface area contributed by atoms with Gasteiger partial charge in [0.1, 0.15) is 4.88 Å². The Morgan fingerprint density at radius 1 is 1.43 bits per heavy atom. The van der Waals surface area contributed by atoms with Crippen molar-refractivity contribution >= 4 is 34.5 Å². The predicted molar refractivity (Wildman–Crippen MR) is 87.0 cm³/mol. The number of hydrogen-bond acceptors (Lipinski definition) is 3. The van der Waals surface area contributed by atoms with Gasteiger partial charge in [-0.1, -0.05) is 35.6 Å². The van der Waals surface area contributed by atoms with Crippen molar-refractivity contribution in [2.45, 2.75) is 13.3 Å². The minimum Gasteiger partial charge on any atom is -0.395 e. The van der Waals surface area contributed by atoms with Crippen LogP contribution in [0, 0.1) is 18.8 Å². The molecule has 0 unspecified atom stereocenters. The maximum absolute atomic E-state index is 12.3. The Morgan fingerprint density at radius 3 is 2.86 bits per heavy atom. The Bertz CT molecular complexity index is 713. The number of aliphatic hydroxyl groups excluding tert-OH is 1. The first-order valence-electron chi connectivity index (χ1n) is 6.37. The molecule has 0 spiro atoms. The van der Waals surface area contributed by atoms with Gasteiger partial charge in [-0.15, -0.1) is 11.3 Å². The molecule has 2 aromatic rings. The smallest absolute Gasteiger partial charge is 0.267 e. The number of rotatable bonds is 3. The molecule has 21 heavy (non-hydrogen) atoms. The number of carbonyl (C=O) groups excluding carboxylic acids is 1. The molecule has 1 aromatic heterocycles. The number of amides is 1. The van der Waals surface area contributed by atoms with E-state index < -0.39 is 0 Å². The van der Waals surface area contributed by atoms with E-state index in [1.165, 1.54) is 11.3 Å². The molecule has 1 aromatic carbocycles. The van der Waals surface area contributed by atoms with Crippen molar-refractivity contribution in [1.82, 2.24) is 0 Å². The van der Waals surface area contributed by atoms with Gasteiger partial charge in [-0.25, -0.2) is 0 Å². The standard InChI is InChI=1S/C16H14ClNO2S/c1-11-10-21-15(14(11)17)16(20)18-13-8-3-2-6-12(13)7-4-5-9-19/h2-3,6,8,10,19H,5,9H2,1H3,(H,18,20). The predicted octanol–water partition coefficient (Wildman–Crippen LogP) is 3.70. The number of nitrogens with one attached hydrogen (secondary N) is 1. The fourth-order valence-electron chi connectivity index (χ4n) is 1.68. The summed E-state index contributed by atoms with van der Waals surface area (Å²) in [5.74, 6) is 5.54. The first-order chi connectivity index (χ1) is 10.1. The molecule has 0 saturated carbocycles. The van der Waals surface area contributed by atoms with Crippen molar-refractivity contribution in [3.05, 3.63) is 50.7 Å². The summed E-state index contributed by atoms with van der Waals surface area (Å²) in [5.41, 5.74) is 2.24. The van der Waals surface area contributed by atoms with Crippen molar-refractivity contribution < 1.29 is 9.90 Å². The molecule has 108 valence electrons. The lowest BCUT2D eigenvalue weighted by atomic mass is 10.1. The number of hydrogen-bond donors (Lipinski definition) is 2. The van der Waals surface area contributed by atoms with Crippen LogP contribution >= 0.6 is 22.9 Å². The summed E-state index contributed by atoms with van der Waals surface area (Å²) in [6.45, 7) is 1.88. The van der Waals surface area contributed by atoms with E-state index in [1.54, 1.807) is 6.07 Å². The van der Waals surface area contributed by atoms with Crippen molar-refractivity contribution in [2.24, 2.45) is 0 Å². The fraction of sp³-hybridized carbons (Fsp3) is 0.188.